The fourth-order valence-electron chi connectivity index (χ4n) is 4.02. The zero-order valence-corrected chi connectivity index (χ0v) is 16.1. The molecule has 1 fully saturated rings. The lowest BCUT2D eigenvalue weighted by Gasteiger charge is -2.20. The number of ether oxygens (including phenoxy) is 1. The lowest BCUT2D eigenvalue weighted by atomic mass is 10.1. The van der Waals surface area contributed by atoms with Crippen LogP contribution in [0.4, 0.5) is 0 Å². The Morgan fingerprint density at radius 2 is 2.03 bits per heavy atom. The summed E-state index contributed by atoms with van der Waals surface area (Å²) in [5.74, 6) is 1.85. The number of hydrogen-bond donors (Lipinski definition) is 2. The molecule has 2 N–H and O–H groups in total. The van der Waals surface area contributed by atoms with Gasteiger partial charge < -0.3 is 19.4 Å². The topological polar surface area (TPSA) is 87.4 Å². The highest BCUT2D eigenvalue weighted by Gasteiger charge is 2.36. The van der Waals surface area contributed by atoms with Crippen molar-refractivity contribution in [2.24, 2.45) is 0 Å². The van der Waals surface area contributed by atoms with Gasteiger partial charge >= 0.3 is 0 Å². The van der Waals surface area contributed by atoms with Crippen molar-refractivity contribution in [1.29, 1.82) is 0 Å². The highest BCUT2D eigenvalue weighted by atomic mass is 16.5. The van der Waals surface area contributed by atoms with E-state index in [0.29, 0.717) is 31.2 Å². The Kier molecular flexibility index (Phi) is 4.54. The van der Waals surface area contributed by atoms with E-state index in [2.05, 4.69) is 32.2 Å². The molecule has 4 aromatic rings. The van der Waals surface area contributed by atoms with Crippen molar-refractivity contribution in [3.8, 4) is 17.1 Å². The van der Waals surface area contributed by atoms with Gasteiger partial charge in [-0.3, -0.25) is 4.90 Å². The van der Waals surface area contributed by atoms with Crippen LogP contribution in [-0.4, -0.2) is 44.9 Å². The van der Waals surface area contributed by atoms with Gasteiger partial charge in [0.1, 0.15) is 5.75 Å². The summed E-state index contributed by atoms with van der Waals surface area (Å²) in [7, 11) is 1.63. The summed E-state index contributed by atoms with van der Waals surface area (Å²) < 4.78 is 10.8. The molecule has 5 rings (SSSR count). The number of aliphatic hydroxyl groups excluding tert-OH is 1. The first kappa shape index (κ1) is 17.9. The normalized spacial score (nSPS) is 19.8. The first-order valence-corrected chi connectivity index (χ1v) is 9.66. The quantitative estimate of drug-likeness (QED) is 0.542. The zero-order chi connectivity index (χ0) is 19.8. The predicted molar refractivity (Wildman–Crippen MR) is 108 cm³/mol. The molecule has 1 aliphatic heterocycles. The minimum Gasteiger partial charge on any atom is -0.497 e. The van der Waals surface area contributed by atoms with Gasteiger partial charge in [0.15, 0.2) is 0 Å². The van der Waals surface area contributed by atoms with Gasteiger partial charge in [0, 0.05) is 35.8 Å². The van der Waals surface area contributed by atoms with Crippen molar-refractivity contribution in [2.75, 3.05) is 13.7 Å². The predicted octanol–water partition coefficient (Wildman–Crippen LogP) is 3.53. The lowest BCUT2D eigenvalue weighted by molar-refractivity contribution is 0.169. The summed E-state index contributed by atoms with van der Waals surface area (Å²) in [4.78, 5) is 10.1. The van der Waals surface area contributed by atoms with Gasteiger partial charge in [-0.1, -0.05) is 23.4 Å². The number of aromatic amines is 1. The second-order valence-corrected chi connectivity index (χ2v) is 7.38. The Morgan fingerprint density at radius 3 is 2.86 bits per heavy atom. The minimum absolute atomic E-state index is 0.113. The molecular weight excluding hydrogens is 368 g/mol. The molecule has 0 saturated carbocycles. The zero-order valence-electron chi connectivity index (χ0n) is 16.1. The van der Waals surface area contributed by atoms with Crippen LogP contribution in [-0.2, 0) is 6.54 Å². The van der Waals surface area contributed by atoms with E-state index < -0.39 is 6.10 Å². The summed E-state index contributed by atoms with van der Waals surface area (Å²) in [5.41, 5.74) is 3.16. The molecular formula is C22H22N4O3. The van der Waals surface area contributed by atoms with Gasteiger partial charge in [0.05, 0.1) is 19.3 Å². The highest BCUT2D eigenvalue weighted by Crippen LogP contribution is 2.34. The van der Waals surface area contributed by atoms with Gasteiger partial charge in [0.2, 0.25) is 11.7 Å². The number of methoxy groups -OCH3 is 1. The largest absolute Gasteiger partial charge is 0.497 e. The molecule has 0 spiro atoms. The lowest BCUT2D eigenvalue weighted by Crippen LogP contribution is -2.24. The molecule has 3 heterocycles. The third kappa shape index (κ3) is 3.39. The molecule has 0 aliphatic carbocycles. The number of nitrogens with zero attached hydrogens (tertiary/aromatic N) is 3. The monoisotopic (exact) mass is 390 g/mol. The van der Waals surface area contributed by atoms with Gasteiger partial charge in [-0.15, -0.1) is 0 Å². The Morgan fingerprint density at radius 1 is 1.21 bits per heavy atom. The van der Waals surface area contributed by atoms with Crippen molar-refractivity contribution >= 4 is 10.9 Å². The number of H-pyrrole nitrogens is 1. The number of nitrogens with one attached hydrogen (secondary N) is 1. The highest BCUT2D eigenvalue weighted by molar-refractivity contribution is 5.82. The van der Waals surface area contributed by atoms with Crippen LogP contribution in [0.25, 0.3) is 22.3 Å². The number of aliphatic hydroxyl groups is 1. The molecule has 2 aromatic carbocycles. The number of β-amino-alcohol motifs (C(OH)–C–C–N with tert-alkyl or cyclic N) is 1. The van der Waals surface area contributed by atoms with E-state index in [4.69, 9.17) is 9.26 Å². The Balaban J connectivity index is 1.40. The first-order chi connectivity index (χ1) is 14.2. The van der Waals surface area contributed by atoms with Crippen LogP contribution in [0.1, 0.15) is 23.9 Å². The molecule has 0 unspecified atom stereocenters. The van der Waals surface area contributed by atoms with E-state index in [1.807, 2.05) is 42.6 Å². The maximum absolute atomic E-state index is 10.3. The Bertz CT molecular complexity index is 1120. The summed E-state index contributed by atoms with van der Waals surface area (Å²) in [6, 6.07) is 15.7. The summed E-state index contributed by atoms with van der Waals surface area (Å²) in [6.07, 6.45) is 2.19. The number of likely N-dealkylation sites (tertiary alicyclic amines) is 1. The van der Waals surface area contributed by atoms with Gasteiger partial charge in [0.25, 0.3) is 0 Å². The summed E-state index contributed by atoms with van der Waals surface area (Å²) in [6.45, 7) is 1.27. The second kappa shape index (κ2) is 7.35. The SMILES string of the molecule is COc1ccc(-c2noc([C@@H]3C[C@@H](O)CN3Cc3c[nH]c4ccccc34)n2)cc1. The molecule has 148 valence electrons. The van der Waals surface area contributed by atoms with Gasteiger partial charge in [-0.25, -0.2) is 0 Å². The van der Waals surface area contributed by atoms with Gasteiger partial charge in [-0.2, -0.15) is 4.98 Å². The van der Waals surface area contributed by atoms with Crippen LogP contribution < -0.4 is 4.74 Å². The van der Waals surface area contributed by atoms with Crippen LogP contribution in [0.2, 0.25) is 0 Å². The Hall–Kier alpha value is -3.16. The molecule has 29 heavy (non-hydrogen) atoms. The van der Waals surface area contributed by atoms with Crippen LogP contribution in [0.15, 0.2) is 59.3 Å². The van der Waals surface area contributed by atoms with E-state index in [9.17, 15) is 5.11 Å². The molecule has 2 aromatic heterocycles. The number of aromatic nitrogens is 3. The van der Waals surface area contributed by atoms with Crippen LogP contribution in [0, 0.1) is 0 Å². The van der Waals surface area contributed by atoms with Crippen LogP contribution in [0.5, 0.6) is 5.75 Å². The fraction of sp³-hybridized carbons (Fsp3) is 0.273. The van der Waals surface area contributed by atoms with E-state index in [1.54, 1.807) is 7.11 Å². The summed E-state index contributed by atoms with van der Waals surface area (Å²) >= 11 is 0. The van der Waals surface area contributed by atoms with E-state index in [-0.39, 0.29) is 6.04 Å². The van der Waals surface area contributed by atoms with Crippen molar-refractivity contribution < 1.29 is 14.4 Å². The van der Waals surface area contributed by atoms with E-state index in [0.717, 1.165) is 16.8 Å². The number of rotatable bonds is 5. The molecule has 0 bridgehead atoms. The van der Waals surface area contributed by atoms with Crippen LogP contribution in [0.3, 0.4) is 0 Å². The number of fused-ring (bicyclic) bond motifs is 1. The second-order valence-electron chi connectivity index (χ2n) is 7.38. The third-order valence-corrected chi connectivity index (χ3v) is 5.50. The average molecular weight is 390 g/mol. The third-order valence-electron chi connectivity index (χ3n) is 5.50. The standard InChI is InChI=1S/C22H22N4O3/c1-28-17-8-6-14(7-9-17)21-24-22(29-25-21)20-10-16(27)13-26(20)12-15-11-23-19-5-3-2-4-18(15)19/h2-9,11,16,20,23,27H,10,12-13H2,1H3/t16-,20+/m1/s1. The maximum Gasteiger partial charge on any atom is 0.244 e. The molecule has 7 heteroatoms. The van der Waals surface area contributed by atoms with Crippen molar-refractivity contribution in [2.45, 2.75) is 25.1 Å². The average Bonchev–Trinajstić information content (AvgIpc) is 3.47. The van der Waals surface area contributed by atoms with E-state index >= 15 is 0 Å². The van der Waals surface area contributed by atoms with E-state index in [1.165, 1.54) is 10.9 Å². The minimum atomic E-state index is -0.415. The Labute approximate surface area is 167 Å². The van der Waals surface area contributed by atoms with Gasteiger partial charge in [-0.05, 0) is 42.3 Å². The summed E-state index contributed by atoms with van der Waals surface area (Å²) in [5, 5.41) is 15.6. The number of para-hydroxylation sites is 1. The molecule has 0 radical (unpaired) electrons. The van der Waals surface area contributed by atoms with Crippen LogP contribution >= 0.6 is 0 Å². The van der Waals surface area contributed by atoms with Crippen molar-refractivity contribution in [3.05, 3.63) is 66.2 Å². The smallest absolute Gasteiger partial charge is 0.244 e. The molecule has 1 aliphatic rings. The molecule has 1 saturated heterocycles. The van der Waals surface area contributed by atoms with Crippen molar-refractivity contribution in [3.63, 3.8) is 0 Å². The number of benzene rings is 2. The maximum atomic E-state index is 10.3. The molecule has 7 nitrogen and oxygen atoms in total. The number of hydrogen-bond acceptors (Lipinski definition) is 6. The fourth-order valence-corrected chi connectivity index (χ4v) is 4.02. The molecule has 2 atom stereocenters. The first-order valence-electron chi connectivity index (χ1n) is 9.66. The van der Waals surface area contributed by atoms with Crippen molar-refractivity contribution in [1.82, 2.24) is 20.0 Å². The molecule has 0 amide bonds.